The van der Waals surface area contributed by atoms with Gasteiger partial charge in [-0.25, -0.2) is 4.79 Å². The number of benzene rings is 1. The summed E-state index contributed by atoms with van der Waals surface area (Å²) in [5.74, 6) is -0.427. The summed E-state index contributed by atoms with van der Waals surface area (Å²) in [6, 6.07) is 8.95. The van der Waals surface area contributed by atoms with Gasteiger partial charge in [0, 0.05) is 24.5 Å². The van der Waals surface area contributed by atoms with Gasteiger partial charge in [-0.3, -0.25) is 19.5 Å². The molecule has 0 unspecified atom stereocenters. The van der Waals surface area contributed by atoms with Crippen molar-refractivity contribution in [3.63, 3.8) is 0 Å². The molecule has 2 heterocycles. The number of urea groups is 1. The Labute approximate surface area is 132 Å². The van der Waals surface area contributed by atoms with Crippen LogP contribution in [0, 0.1) is 0 Å². The van der Waals surface area contributed by atoms with Gasteiger partial charge >= 0.3 is 6.03 Å². The topological polar surface area (TPSA) is 91.4 Å². The number of aromatic nitrogens is 1. The number of hydrogen-bond donors (Lipinski definition) is 2. The van der Waals surface area contributed by atoms with Crippen LogP contribution >= 0.6 is 0 Å². The Morgan fingerprint density at radius 3 is 2.87 bits per heavy atom. The molecule has 2 aromatic rings. The average Bonchev–Trinajstić information content (AvgIpc) is 2.87. The molecule has 1 aliphatic rings. The Morgan fingerprint density at radius 2 is 2.09 bits per heavy atom. The summed E-state index contributed by atoms with van der Waals surface area (Å²) in [5, 5.41) is 6.22. The van der Waals surface area contributed by atoms with Crippen LogP contribution in [0.5, 0.6) is 0 Å². The zero-order chi connectivity index (χ0) is 16.2. The first-order valence-corrected chi connectivity index (χ1v) is 7.37. The molecule has 1 saturated heterocycles. The monoisotopic (exact) mass is 312 g/mol. The third kappa shape index (κ3) is 3.28. The molecule has 118 valence electrons. The highest BCUT2D eigenvalue weighted by atomic mass is 16.2. The van der Waals surface area contributed by atoms with E-state index >= 15 is 0 Å². The number of amides is 4. The van der Waals surface area contributed by atoms with Gasteiger partial charge in [0.2, 0.25) is 11.8 Å². The van der Waals surface area contributed by atoms with Crippen LogP contribution in [0.25, 0.3) is 10.9 Å². The third-order valence-corrected chi connectivity index (χ3v) is 3.63. The second-order valence-corrected chi connectivity index (χ2v) is 5.24. The van der Waals surface area contributed by atoms with Crippen molar-refractivity contribution in [1.29, 1.82) is 0 Å². The molecule has 7 nitrogen and oxygen atoms in total. The number of fused-ring (bicyclic) bond motifs is 1. The van der Waals surface area contributed by atoms with Gasteiger partial charge in [0.1, 0.15) is 0 Å². The van der Waals surface area contributed by atoms with Gasteiger partial charge in [0.25, 0.3) is 0 Å². The average molecular weight is 312 g/mol. The summed E-state index contributed by atoms with van der Waals surface area (Å²) in [6.07, 6.45) is 2.32. The van der Waals surface area contributed by atoms with Crippen LogP contribution in [0.3, 0.4) is 0 Å². The van der Waals surface area contributed by atoms with Crippen molar-refractivity contribution in [2.75, 3.05) is 18.4 Å². The Bertz CT molecular complexity index is 754. The van der Waals surface area contributed by atoms with Crippen molar-refractivity contribution in [2.45, 2.75) is 12.8 Å². The molecule has 0 aliphatic carbocycles. The minimum Gasteiger partial charge on any atom is -0.329 e. The zero-order valence-corrected chi connectivity index (χ0v) is 12.4. The number of pyridine rings is 1. The van der Waals surface area contributed by atoms with Crippen LogP contribution in [-0.4, -0.2) is 40.8 Å². The standard InChI is InChI=1S/C16H16N4O3/c21-13(7-3-9-20-14(22)10-18-16(20)23)19-12-6-1-4-11-5-2-8-17-15(11)12/h1-2,4-6,8H,3,7,9-10H2,(H,18,23)(H,19,21). The van der Waals surface area contributed by atoms with E-state index in [-0.39, 0.29) is 31.3 Å². The maximum absolute atomic E-state index is 12.1. The first-order chi connectivity index (χ1) is 11.1. The Balaban J connectivity index is 1.57. The zero-order valence-electron chi connectivity index (χ0n) is 12.4. The van der Waals surface area contributed by atoms with Crippen molar-refractivity contribution in [3.05, 3.63) is 36.5 Å². The number of carbonyl (C=O) groups excluding carboxylic acids is 3. The van der Waals surface area contributed by atoms with Crippen molar-refractivity contribution in [3.8, 4) is 0 Å². The Hall–Kier alpha value is -2.96. The molecule has 0 bridgehead atoms. The van der Waals surface area contributed by atoms with E-state index in [0.717, 1.165) is 15.8 Å². The Kier molecular flexibility index (Phi) is 4.18. The summed E-state index contributed by atoms with van der Waals surface area (Å²) in [6.45, 7) is 0.276. The number of nitrogens with one attached hydrogen (secondary N) is 2. The lowest BCUT2D eigenvalue weighted by molar-refractivity contribution is -0.125. The molecule has 1 aromatic heterocycles. The van der Waals surface area contributed by atoms with E-state index in [1.807, 2.05) is 24.3 Å². The van der Waals surface area contributed by atoms with Crippen LogP contribution in [0.2, 0.25) is 0 Å². The third-order valence-electron chi connectivity index (χ3n) is 3.63. The molecule has 2 N–H and O–H groups in total. The van der Waals surface area contributed by atoms with E-state index in [4.69, 9.17) is 0 Å². The second kappa shape index (κ2) is 6.43. The maximum atomic E-state index is 12.1. The number of para-hydroxylation sites is 1. The molecule has 0 spiro atoms. The molecular weight excluding hydrogens is 296 g/mol. The largest absolute Gasteiger partial charge is 0.329 e. The lowest BCUT2D eigenvalue weighted by atomic mass is 10.2. The molecule has 0 atom stereocenters. The molecule has 0 saturated carbocycles. The fraction of sp³-hybridized carbons (Fsp3) is 0.250. The molecule has 1 aromatic carbocycles. The highest BCUT2D eigenvalue weighted by Crippen LogP contribution is 2.20. The van der Waals surface area contributed by atoms with Crippen molar-refractivity contribution in [1.82, 2.24) is 15.2 Å². The van der Waals surface area contributed by atoms with Crippen LogP contribution in [-0.2, 0) is 9.59 Å². The number of nitrogens with zero attached hydrogens (tertiary/aromatic N) is 2. The lowest BCUT2D eigenvalue weighted by Crippen LogP contribution is -2.32. The first kappa shape index (κ1) is 15.0. The SMILES string of the molecule is O=C(CCCN1C(=O)CNC1=O)Nc1cccc2cccnc12. The number of imide groups is 1. The molecule has 4 amide bonds. The molecule has 1 aliphatic heterocycles. The van der Waals surface area contributed by atoms with E-state index in [1.165, 1.54) is 0 Å². The molecule has 7 heteroatoms. The Morgan fingerprint density at radius 1 is 1.26 bits per heavy atom. The van der Waals surface area contributed by atoms with Crippen LogP contribution in [0.4, 0.5) is 10.5 Å². The highest BCUT2D eigenvalue weighted by Gasteiger charge is 2.27. The minimum atomic E-state index is -0.395. The molecule has 0 radical (unpaired) electrons. The van der Waals surface area contributed by atoms with Crippen LogP contribution in [0.15, 0.2) is 36.5 Å². The smallest absolute Gasteiger partial charge is 0.324 e. The van der Waals surface area contributed by atoms with Gasteiger partial charge < -0.3 is 10.6 Å². The molecular formula is C16H16N4O3. The summed E-state index contributed by atoms with van der Waals surface area (Å²) in [4.78, 5) is 40.3. The van der Waals surface area contributed by atoms with Crippen molar-refractivity contribution in [2.24, 2.45) is 0 Å². The number of carbonyl (C=O) groups is 3. The maximum Gasteiger partial charge on any atom is 0.324 e. The van der Waals surface area contributed by atoms with Gasteiger partial charge in [-0.15, -0.1) is 0 Å². The quantitative estimate of drug-likeness (QED) is 0.819. The van der Waals surface area contributed by atoms with Crippen LogP contribution < -0.4 is 10.6 Å². The fourth-order valence-electron chi connectivity index (χ4n) is 2.50. The summed E-state index contributed by atoms with van der Waals surface area (Å²) >= 11 is 0. The molecule has 1 fully saturated rings. The number of rotatable bonds is 5. The van der Waals surface area contributed by atoms with Gasteiger partial charge in [0.15, 0.2) is 0 Å². The highest BCUT2D eigenvalue weighted by molar-refractivity contribution is 6.02. The van der Waals surface area contributed by atoms with E-state index < -0.39 is 6.03 Å². The predicted octanol–water partition coefficient (Wildman–Crippen LogP) is 1.51. The minimum absolute atomic E-state index is 0.0344. The number of anilines is 1. The van der Waals surface area contributed by atoms with Crippen molar-refractivity contribution < 1.29 is 14.4 Å². The summed E-state index contributed by atoms with van der Waals surface area (Å²) in [5.41, 5.74) is 1.39. The second-order valence-electron chi connectivity index (χ2n) is 5.24. The van der Waals surface area contributed by atoms with Gasteiger partial charge in [-0.05, 0) is 18.6 Å². The lowest BCUT2D eigenvalue weighted by Gasteiger charge is -2.12. The fourth-order valence-corrected chi connectivity index (χ4v) is 2.50. The van der Waals surface area contributed by atoms with E-state index in [0.29, 0.717) is 12.1 Å². The number of hydrogen-bond acceptors (Lipinski definition) is 4. The van der Waals surface area contributed by atoms with E-state index in [9.17, 15) is 14.4 Å². The van der Waals surface area contributed by atoms with Crippen LogP contribution in [0.1, 0.15) is 12.8 Å². The van der Waals surface area contributed by atoms with E-state index in [2.05, 4.69) is 15.6 Å². The summed E-state index contributed by atoms with van der Waals surface area (Å²) < 4.78 is 0. The van der Waals surface area contributed by atoms with E-state index in [1.54, 1.807) is 12.3 Å². The molecule has 3 rings (SSSR count). The normalized spacial score (nSPS) is 14.2. The van der Waals surface area contributed by atoms with Gasteiger partial charge in [0.05, 0.1) is 17.7 Å². The van der Waals surface area contributed by atoms with Crippen molar-refractivity contribution >= 4 is 34.4 Å². The van der Waals surface area contributed by atoms with Gasteiger partial charge in [-0.2, -0.15) is 0 Å². The predicted molar refractivity (Wildman–Crippen MR) is 84.7 cm³/mol. The van der Waals surface area contributed by atoms with Gasteiger partial charge in [-0.1, -0.05) is 18.2 Å². The first-order valence-electron chi connectivity index (χ1n) is 7.37. The summed E-state index contributed by atoms with van der Waals surface area (Å²) in [7, 11) is 0. The molecule has 23 heavy (non-hydrogen) atoms.